The van der Waals surface area contributed by atoms with E-state index in [1.54, 1.807) is 26.8 Å². The number of aliphatic carboxylic acids is 1. The molecule has 11 nitrogen and oxygen atoms in total. The lowest BCUT2D eigenvalue weighted by atomic mass is 9.98. The highest BCUT2D eigenvalue weighted by atomic mass is 32.2. The number of carbonyl (C=O) groups is 3. The minimum atomic E-state index is -3.84. The van der Waals surface area contributed by atoms with Crippen molar-refractivity contribution in [2.75, 3.05) is 20.3 Å². The lowest BCUT2D eigenvalue weighted by Crippen LogP contribution is -2.52. The Bertz CT molecular complexity index is 1990. The fourth-order valence-electron chi connectivity index (χ4n) is 6.77. The van der Waals surface area contributed by atoms with Gasteiger partial charge in [0.2, 0.25) is 15.9 Å². The van der Waals surface area contributed by atoms with E-state index in [0.29, 0.717) is 29.7 Å². The van der Waals surface area contributed by atoms with Crippen LogP contribution >= 0.6 is 0 Å². The number of aryl methyl sites for hydroxylation is 1. The molecule has 0 saturated carbocycles. The maximum Gasteiger partial charge on any atom is 0.407 e. The minimum absolute atomic E-state index is 0.0471. The second-order valence-corrected chi connectivity index (χ2v) is 14.7. The van der Waals surface area contributed by atoms with Gasteiger partial charge < -0.3 is 25.2 Å². The summed E-state index contributed by atoms with van der Waals surface area (Å²) in [5.74, 6) is -1.48. The molecule has 0 saturated heterocycles. The number of amides is 2. The summed E-state index contributed by atoms with van der Waals surface area (Å²) < 4.78 is 40.0. The quantitative estimate of drug-likeness (QED) is 0.106. The number of unbranched alkanes of at least 4 members (excludes halogenated alkanes) is 1. The first-order chi connectivity index (χ1) is 24.9. The van der Waals surface area contributed by atoms with Crippen molar-refractivity contribution in [2.24, 2.45) is 0 Å². The van der Waals surface area contributed by atoms with Crippen molar-refractivity contribution in [1.82, 2.24) is 15.4 Å². The molecule has 0 fully saturated rings. The van der Waals surface area contributed by atoms with Crippen LogP contribution in [0.4, 0.5) is 4.79 Å². The normalized spacial score (nSPS) is 13.4. The molecule has 2 amide bonds. The Balaban J connectivity index is 1.18. The number of sulfonamides is 1. The summed E-state index contributed by atoms with van der Waals surface area (Å²) in [5, 5.41) is 15.2. The Hall–Kier alpha value is -5.20. The number of fused-ring (bicyclic) bond motifs is 3. The molecule has 5 rings (SSSR count). The van der Waals surface area contributed by atoms with E-state index < -0.39 is 40.1 Å². The molecule has 0 heterocycles. The van der Waals surface area contributed by atoms with E-state index in [4.69, 9.17) is 9.47 Å². The highest BCUT2D eigenvalue weighted by molar-refractivity contribution is 7.89. The molecule has 0 bridgehead atoms. The smallest absolute Gasteiger partial charge is 0.407 e. The molecule has 0 aromatic heterocycles. The predicted octanol–water partition coefficient (Wildman–Crippen LogP) is 5.79. The van der Waals surface area contributed by atoms with E-state index >= 15 is 0 Å². The number of hydrogen-bond donors (Lipinski definition) is 4. The first-order valence-corrected chi connectivity index (χ1v) is 18.7. The van der Waals surface area contributed by atoms with Gasteiger partial charge in [0.05, 0.1) is 12.0 Å². The molecule has 12 heteroatoms. The lowest BCUT2D eigenvalue weighted by molar-refractivity contribution is -0.142. The van der Waals surface area contributed by atoms with Gasteiger partial charge in [-0.3, -0.25) is 4.79 Å². The maximum atomic E-state index is 13.6. The van der Waals surface area contributed by atoms with Gasteiger partial charge in [0.25, 0.3) is 0 Å². The SMILES string of the molecule is COc1cc(C)c(S(=O)(=O)NCCCC[C@H](NC(=O)[C@H](Cc2ccccc2)NC(=O)OCC2c3ccccc3-c3ccccc32)C(=O)O)c(C)c1C. The van der Waals surface area contributed by atoms with Crippen molar-refractivity contribution in [1.29, 1.82) is 0 Å². The summed E-state index contributed by atoms with van der Waals surface area (Å²) in [6.07, 6.45) is -0.00473. The molecular weight excluding hydrogens is 683 g/mol. The average molecular weight is 728 g/mol. The number of hydrogen-bond acceptors (Lipinski definition) is 7. The van der Waals surface area contributed by atoms with Gasteiger partial charge >= 0.3 is 12.1 Å². The molecule has 0 aliphatic heterocycles. The number of carboxylic acid groups (broad SMARTS) is 1. The van der Waals surface area contributed by atoms with Crippen LogP contribution in [-0.4, -0.2) is 63.8 Å². The predicted molar refractivity (Wildman–Crippen MR) is 198 cm³/mol. The number of nitrogens with one attached hydrogen (secondary N) is 3. The number of rotatable bonds is 16. The van der Waals surface area contributed by atoms with Gasteiger partial charge in [0.15, 0.2) is 0 Å². The van der Waals surface area contributed by atoms with Gasteiger partial charge in [-0.25, -0.2) is 22.7 Å². The molecule has 2 atom stereocenters. The number of methoxy groups -OCH3 is 1. The zero-order valence-corrected chi connectivity index (χ0v) is 30.6. The Morgan fingerprint density at radius 2 is 1.42 bits per heavy atom. The highest BCUT2D eigenvalue weighted by Crippen LogP contribution is 2.44. The summed E-state index contributed by atoms with van der Waals surface area (Å²) in [6.45, 7) is 5.36. The van der Waals surface area contributed by atoms with Crippen molar-refractivity contribution >= 4 is 28.0 Å². The first-order valence-electron chi connectivity index (χ1n) is 17.2. The molecule has 1 aliphatic carbocycles. The van der Waals surface area contributed by atoms with Crippen molar-refractivity contribution < 1.29 is 37.4 Å². The van der Waals surface area contributed by atoms with Crippen LogP contribution in [0.25, 0.3) is 11.1 Å². The molecule has 4 N–H and O–H groups in total. The van der Waals surface area contributed by atoms with Gasteiger partial charge in [-0.1, -0.05) is 78.9 Å². The molecular formula is C40H45N3O8S. The van der Waals surface area contributed by atoms with Crippen LogP contribution in [0.1, 0.15) is 58.6 Å². The largest absolute Gasteiger partial charge is 0.496 e. The summed E-state index contributed by atoms with van der Waals surface area (Å²) >= 11 is 0. The standard InChI is InChI=1S/C40H45N3O8S/c1-25-22-36(50-4)26(2)27(3)37(25)52(48,49)41-21-13-12-20-34(39(45)46)42-38(44)35(23-28-14-6-5-7-15-28)43-40(47)51-24-33-31-18-10-8-16-29(31)30-17-9-11-19-32(30)33/h5-11,14-19,22,33-35,41H,12-13,20-21,23-24H2,1-4H3,(H,42,44)(H,43,47)(H,45,46)/t34-,35-/m0/s1. The van der Waals surface area contributed by atoms with Gasteiger partial charge in [-0.15, -0.1) is 0 Å². The van der Waals surface area contributed by atoms with E-state index in [2.05, 4.69) is 15.4 Å². The summed E-state index contributed by atoms with van der Waals surface area (Å²) in [4.78, 5) is 39.1. The van der Waals surface area contributed by atoms with Crippen molar-refractivity contribution in [2.45, 2.75) is 69.4 Å². The molecule has 1 aliphatic rings. The van der Waals surface area contributed by atoms with Crippen LogP contribution < -0.4 is 20.1 Å². The zero-order valence-electron chi connectivity index (χ0n) is 29.8. The van der Waals surface area contributed by atoms with Gasteiger partial charge in [0, 0.05) is 18.9 Å². The van der Waals surface area contributed by atoms with Crippen LogP contribution in [0.2, 0.25) is 0 Å². The Morgan fingerprint density at radius 1 is 0.808 bits per heavy atom. The molecule has 4 aromatic carbocycles. The number of alkyl carbamates (subject to hydrolysis) is 1. The van der Waals surface area contributed by atoms with E-state index in [1.807, 2.05) is 78.9 Å². The van der Waals surface area contributed by atoms with Gasteiger partial charge in [-0.05, 0) is 90.6 Å². The second-order valence-electron chi connectivity index (χ2n) is 13.0. The van der Waals surface area contributed by atoms with E-state index in [1.165, 1.54) is 7.11 Å². The zero-order chi connectivity index (χ0) is 37.4. The topological polar surface area (TPSA) is 160 Å². The third kappa shape index (κ3) is 8.80. The first kappa shape index (κ1) is 38.0. The van der Waals surface area contributed by atoms with E-state index in [-0.39, 0.29) is 36.8 Å². The fraction of sp³-hybridized carbons (Fsp3) is 0.325. The number of ether oxygens (including phenoxy) is 2. The number of carboxylic acids is 1. The van der Waals surface area contributed by atoms with Crippen molar-refractivity contribution in [3.8, 4) is 16.9 Å². The molecule has 274 valence electrons. The van der Waals surface area contributed by atoms with Gasteiger partial charge in [0.1, 0.15) is 24.4 Å². The second kappa shape index (κ2) is 16.9. The fourth-order valence-corrected chi connectivity index (χ4v) is 8.37. The number of carbonyl (C=O) groups excluding carboxylic acids is 2. The van der Waals surface area contributed by atoms with Crippen LogP contribution in [0.15, 0.2) is 89.8 Å². The summed E-state index contributed by atoms with van der Waals surface area (Å²) in [7, 11) is -2.31. The molecule has 52 heavy (non-hydrogen) atoms. The monoisotopic (exact) mass is 727 g/mol. The molecule has 0 spiro atoms. The number of benzene rings is 4. The molecule has 0 unspecified atom stereocenters. The summed E-state index contributed by atoms with van der Waals surface area (Å²) in [5.41, 5.74) is 6.91. The Labute approximate surface area is 304 Å². The lowest BCUT2D eigenvalue weighted by Gasteiger charge is -2.22. The average Bonchev–Trinajstić information content (AvgIpc) is 3.45. The third-order valence-electron chi connectivity index (χ3n) is 9.53. The third-order valence-corrected chi connectivity index (χ3v) is 11.3. The van der Waals surface area contributed by atoms with Crippen LogP contribution in [0.5, 0.6) is 5.75 Å². The Morgan fingerprint density at radius 3 is 2.04 bits per heavy atom. The minimum Gasteiger partial charge on any atom is -0.496 e. The van der Waals surface area contributed by atoms with Crippen molar-refractivity contribution in [3.05, 3.63) is 118 Å². The molecule has 4 aromatic rings. The Kier molecular flexibility index (Phi) is 12.3. The van der Waals surface area contributed by atoms with E-state index in [0.717, 1.165) is 33.4 Å². The van der Waals surface area contributed by atoms with Crippen LogP contribution in [0, 0.1) is 20.8 Å². The van der Waals surface area contributed by atoms with Gasteiger partial charge in [-0.2, -0.15) is 0 Å². The van der Waals surface area contributed by atoms with Crippen LogP contribution in [0.3, 0.4) is 0 Å². The molecule has 0 radical (unpaired) electrons. The van der Waals surface area contributed by atoms with Crippen molar-refractivity contribution in [3.63, 3.8) is 0 Å². The van der Waals surface area contributed by atoms with Crippen LogP contribution in [-0.2, 0) is 30.8 Å². The highest BCUT2D eigenvalue weighted by Gasteiger charge is 2.31. The maximum absolute atomic E-state index is 13.6. The van der Waals surface area contributed by atoms with E-state index in [9.17, 15) is 27.9 Å². The summed E-state index contributed by atoms with van der Waals surface area (Å²) in [6, 6.07) is 24.3.